The first kappa shape index (κ1) is 13.6. The first-order valence-electron chi connectivity index (χ1n) is 5.78. The lowest BCUT2D eigenvalue weighted by Crippen LogP contribution is -2.00. The van der Waals surface area contributed by atoms with Gasteiger partial charge in [0, 0.05) is 5.56 Å². The average Bonchev–Trinajstić information content (AvgIpc) is 2.38. The highest BCUT2D eigenvalue weighted by molar-refractivity contribution is 9.10. The molecule has 2 rings (SSSR count). The van der Waals surface area contributed by atoms with Gasteiger partial charge >= 0.3 is 0 Å². The molecule has 19 heavy (non-hydrogen) atoms. The number of nitrogens with zero attached hydrogens (tertiary/aromatic N) is 2. The van der Waals surface area contributed by atoms with E-state index in [9.17, 15) is 5.11 Å². The summed E-state index contributed by atoms with van der Waals surface area (Å²) in [6.45, 7) is 4.17. The number of phenols is 1. The van der Waals surface area contributed by atoms with Crippen LogP contribution in [0.5, 0.6) is 11.5 Å². The summed E-state index contributed by atoms with van der Waals surface area (Å²) in [7, 11) is 0. The molecule has 3 N–H and O–H groups in total. The third-order valence-electron chi connectivity index (χ3n) is 2.56. The number of phenolic OH excluding ortho intramolecular Hbond substituents is 1. The summed E-state index contributed by atoms with van der Waals surface area (Å²) in [5.74, 6) is 1.38. The number of nitrogen functional groups attached to an aromatic ring is 1. The van der Waals surface area contributed by atoms with E-state index in [1.165, 1.54) is 0 Å². The summed E-state index contributed by atoms with van der Waals surface area (Å²) in [6, 6.07) is 4.97. The number of nitrogens with two attached hydrogens (primary N) is 1. The number of hydrogen-bond donors (Lipinski definition) is 2. The molecule has 0 saturated carbocycles. The van der Waals surface area contributed by atoms with Crippen molar-refractivity contribution in [2.75, 3.05) is 12.3 Å². The summed E-state index contributed by atoms with van der Waals surface area (Å²) >= 11 is 3.32. The fourth-order valence-electron chi connectivity index (χ4n) is 1.63. The van der Waals surface area contributed by atoms with Crippen molar-refractivity contribution in [2.45, 2.75) is 13.8 Å². The van der Waals surface area contributed by atoms with E-state index >= 15 is 0 Å². The molecule has 0 aliphatic rings. The molecule has 0 spiro atoms. The van der Waals surface area contributed by atoms with E-state index in [0.29, 0.717) is 28.5 Å². The van der Waals surface area contributed by atoms with Crippen LogP contribution in [0, 0.1) is 6.92 Å². The predicted octanol–water partition coefficient (Wildman–Crippen LogP) is 2.90. The van der Waals surface area contributed by atoms with Crippen molar-refractivity contribution in [1.29, 1.82) is 0 Å². The highest BCUT2D eigenvalue weighted by Crippen LogP contribution is 2.31. The predicted molar refractivity (Wildman–Crippen MR) is 77.2 cm³/mol. The number of ether oxygens (including phenoxy) is 1. The Balaban J connectivity index is 2.50. The quantitative estimate of drug-likeness (QED) is 0.907. The first-order chi connectivity index (χ1) is 9.02. The average molecular weight is 324 g/mol. The molecule has 1 aromatic carbocycles. The van der Waals surface area contributed by atoms with Crippen LogP contribution in [0.15, 0.2) is 22.7 Å². The number of aryl methyl sites for hydroxylation is 1. The summed E-state index contributed by atoms with van der Waals surface area (Å²) in [5, 5.41) is 9.67. The van der Waals surface area contributed by atoms with Crippen LogP contribution >= 0.6 is 15.9 Å². The van der Waals surface area contributed by atoms with Gasteiger partial charge in [-0.05, 0) is 48.0 Å². The molecule has 100 valence electrons. The minimum atomic E-state index is 0.0902. The zero-order valence-corrected chi connectivity index (χ0v) is 12.2. The van der Waals surface area contributed by atoms with Gasteiger partial charge in [-0.3, -0.25) is 0 Å². The molecular formula is C13H14BrN3O2. The van der Waals surface area contributed by atoms with E-state index in [2.05, 4.69) is 25.9 Å². The zero-order chi connectivity index (χ0) is 14.0. The number of rotatable bonds is 3. The van der Waals surface area contributed by atoms with E-state index in [4.69, 9.17) is 10.5 Å². The molecule has 5 nitrogen and oxygen atoms in total. The Kier molecular flexibility index (Phi) is 3.90. The van der Waals surface area contributed by atoms with Gasteiger partial charge in [-0.25, -0.2) is 9.97 Å². The molecule has 0 unspecified atom stereocenters. The fraction of sp³-hybridized carbons (Fsp3) is 0.231. The lowest BCUT2D eigenvalue weighted by Gasteiger charge is -2.09. The summed E-state index contributed by atoms with van der Waals surface area (Å²) in [6.07, 6.45) is 0. The van der Waals surface area contributed by atoms with Crippen LogP contribution in [-0.2, 0) is 0 Å². The van der Waals surface area contributed by atoms with Gasteiger partial charge < -0.3 is 15.6 Å². The van der Waals surface area contributed by atoms with Gasteiger partial charge in [0.15, 0.2) is 17.3 Å². The molecule has 6 heteroatoms. The van der Waals surface area contributed by atoms with Gasteiger partial charge in [-0.2, -0.15) is 0 Å². The topological polar surface area (TPSA) is 81.3 Å². The Morgan fingerprint density at radius 3 is 2.74 bits per heavy atom. The summed E-state index contributed by atoms with van der Waals surface area (Å²) in [4.78, 5) is 8.58. The maximum absolute atomic E-state index is 9.67. The van der Waals surface area contributed by atoms with Crippen LogP contribution < -0.4 is 10.5 Å². The number of halogens is 1. The second-order valence-corrected chi connectivity index (χ2v) is 4.74. The maximum Gasteiger partial charge on any atom is 0.161 e. The van der Waals surface area contributed by atoms with Crippen molar-refractivity contribution < 1.29 is 9.84 Å². The Bertz CT molecular complexity index is 594. The number of benzene rings is 1. The minimum Gasteiger partial charge on any atom is -0.504 e. The van der Waals surface area contributed by atoms with Crippen LogP contribution in [0.2, 0.25) is 0 Å². The first-order valence-corrected chi connectivity index (χ1v) is 6.58. The van der Waals surface area contributed by atoms with Gasteiger partial charge in [-0.15, -0.1) is 0 Å². The summed E-state index contributed by atoms with van der Waals surface area (Å²) < 4.78 is 6.03. The van der Waals surface area contributed by atoms with Gasteiger partial charge in [0.25, 0.3) is 0 Å². The zero-order valence-electron chi connectivity index (χ0n) is 10.6. The van der Waals surface area contributed by atoms with Crippen molar-refractivity contribution in [3.8, 4) is 22.9 Å². The van der Waals surface area contributed by atoms with E-state index in [-0.39, 0.29) is 5.75 Å². The van der Waals surface area contributed by atoms with Crippen molar-refractivity contribution >= 4 is 21.7 Å². The third kappa shape index (κ3) is 2.78. The van der Waals surface area contributed by atoms with Crippen molar-refractivity contribution in [2.24, 2.45) is 0 Å². The van der Waals surface area contributed by atoms with Crippen LogP contribution in [0.1, 0.15) is 12.6 Å². The molecule has 0 amide bonds. The van der Waals surface area contributed by atoms with Crippen LogP contribution in [0.3, 0.4) is 0 Å². The second kappa shape index (κ2) is 5.44. The number of hydrogen-bond acceptors (Lipinski definition) is 5. The van der Waals surface area contributed by atoms with Crippen molar-refractivity contribution in [1.82, 2.24) is 9.97 Å². The Morgan fingerprint density at radius 2 is 2.11 bits per heavy atom. The lowest BCUT2D eigenvalue weighted by atomic mass is 10.2. The number of aromatic nitrogens is 2. The molecule has 0 fully saturated rings. The maximum atomic E-state index is 9.67. The molecule has 0 radical (unpaired) electrons. The standard InChI is InChI=1S/C13H14BrN3O2/c1-3-19-10-6-8(4-5-9(10)18)13-16-7(2)11(14)12(15)17-13/h4-6,18H,3H2,1-2H3,(H2,15,16,17). The molecule has 0 aliphatic heterocycles. The van der Waals surface area contributed by atoms with E-state index in [0.717, 1.165) is 11.3 Å². The normalized spacial score (nSPS) is 10.5. The van der Waals surface area contributed by atoms with Crippen LogP contribution in [-0.4, -0.2) is 21.7 Å². The third-order valence-corrected chi connectivity index (χ3v) is 3.54. The second-order valence-electron chi connectivity index (χ2n) is 3.95. The number of aromatic hydroxyl groups is 1. The van der Waals surface area contributed by atoms with Gasteiger partial charge in [0.2, 0.25) is 0 Å². The van der Waals surface area contributed by atoms with Crippen LogP contribution in [0.25, 0.3) is 11.4 Å². The van der Waals surface area contributed by atoms with Crippen molar-refractivity contribution in [3.63, 3.8) is 0 Å². The Hall–Kier alpha value is -1.82. The monoisotopic (exact) mass is 323 g/mol. The largest absolute Gasteiger partial charge is 0.504 e. The molecule has 0 bridgehead atoms. The molecule has 0 atom stereocenters. The highest BCUT2D eigenvalue weighted by atomic mass is 79.9. The van der Waals surface area contributed by atoms with E-state index in [1.54, 1.807) is 18.2 Å². The SMILES string of the molecule is CCOc1cc(-c2nc(C)c(Br)c(N)n2)ccc1O. The molecule has 1 heterocycles. The number of anilines is 1. The lowest BCUT2D eigenvalue weighted by molar-refractivity contribution is 0.318. The fourth-order valence-corrected chi connectivity index (χ4v) is 1.81. The van der Waals surface area contributed by atoms with E-state index < -0.39 is 0 Å². The molecule has 2 aromatic rings. The van der Waals surface area contributed by atoms with Crippen molar-refractivity contribution in [3.05, 3.63) is 28.4 Å². The molecule has 0 saturated heterocycles. The minimum absolute atomic E-state index is 0.0902. The van der Waals surface area contributed by atoms with Crippen LogP contribution in [0.4, 0.5) is 5.82 Å². The Morgan fingerprint density at radius 1 is 1.37 bits per heavy atom. The molecule has 1 aromatic heterocycles. The van der Waals surface area contributed by atoms with Gasteiger partial charge in [0.05, 0.1) is 16.8 Å². The van der Waals surface area contributed by atoms with E-state index in [1.807, 2.05) is 13.8 Å². The van der Waals surface area contributed by atoms with Gasteiger partial charge in [0.1, 0.15) is 5.82 Å². The molecule has 0 aliphatic carbocycles. The highest BCUT2D eigenvalue weighted by Gasteiger charge is 2.11. The van der Waals surface area contributed by atoms with Gasteiger partial charge in [-0.1, -0.05) is 0 Å². The smallest absolute Gasteiger partial charge is 0.161 e. The molecular weight excluding hydrogens is 310 g/mol. The Labute approximate surface area is 119 Å². The summed E-state index contributed by atoms with van der Waals surface area (Å²) in [5.41, 5.74) is 7.30.